The second kappa shape index (κ2) is 6.92. The second-order valence-corrected chi connectivity index (χ2v) is 5.85. The van der Waals surface area contributed by atoms with Gasteiger partial charge < -0.3 is 14.6 Å². The summed E-state index contributed by atoms with van der Waals surface area (Å²) in [7, 11) is 0. The van der Waals surface area contributed by atoms with E-state index in [-0.39, 0.29) is 53.6 Å². The molecule has 1 aromatic carbocycles. The van der Waals surface area contributed by atoms with Crippen LogP contribution in [0.4, 0.5) is 5.69 Å². The number of phenols is 1. The van der Waals surface area contributed by atoms with Crippen molar-refractivity contribution in [3.05, 3.63) is 40.3 Å². The Morgan fingerprint density at radius 3 is 2.75 bits per heavy atom. The van der Waals surface area contributed by atoms with Crippen LogP contribution in [-0.2, 0) is 20.7 Å². The lowest BCUT2D eigenvalue weighted by Gasteiger charge is -2.11. The number of fused-ring (bicyclic) bond motifs is 2. The van der Waals surface area contributed by atoms with Crippen molar-refractivity contribution >= 4 is 17.4 Å². The molecule has 2 atom stereocenters. The first-order chi connectivity index (χ1) is 11.6. The molecular weight excluding hydrogens is 314 g/mol. The molecule has 0 spiro atoms. The molecule has 0 aliphatic carbocycles. The molecule has 126 valence electrons. The van der Waals surface area contributed by atoms with Crippen molar-refractivity contribution in [2.75, 3.05) is 6.61 Å². The van der Waals surface area contributed by atoms with Gasteiger partial charge in [-0.05, 0) is 35.7 Å². The quantitative estimate of drug-likeness (QED) is 0.481. The third-order valence-electron chi connectivity index (χ3n) is 4.10. The summed E-state index contributed by atoms with van der Waals surface area (Å²) in [5, 5.41) is 12.5. The molecule has 0 amide bonds. The molecule has 1 fully saturated rings. The summed E-state index contributed by atoms with van der Waals surface area (Å²) in [6.07, 6.45) is 5.41. The number of carbonyl (C=O) groups excluding carboxylic acids is 2. The molecule has 0 saturated carbocycles. The predicted octanol–water partition coefficient (Wildman–Crippen LogP) is 2.57. The van der Waals surface area contributed by atoms with Crippen molar-refractivity contribution < 1.29 is 24.2 Å². The number of aromatic hydroxyl groups is 1. The van der Waals surface area contributed by atoms with Crippen molar-refractivity contribution in [2.24, 2.45) is 5.18 Å². The standard InChI is InChI=1S/C17H17NO6/c19-11-3-1-2-4-14-15(24-14)5-6-23-17(21)16-10(7-11)8-12(20)9-13(16)18-22/h1,3,8-9,14-15,20H,2,4-7H2/b3-1+. The summed E-state index contributed by atoms with van der Waals surface area (Å²) in [4.78, 5) is 35.4. The average Bonchev–Trinajstić information content (AvgIpc) is 3.28. The Hall–Kier alpha value is -2.54. The number of rotatable bonds is 1. The molecule has 0 radical (unpaired) electrons. The summed E-state index contributed by atoms with van der Waals surface area (Å²) < 4.78 is 10.7. The van der Waals surface area contributed by atoms with Gasteiger partial charge in [-0.3, -0.25) is 4.79 Å². The average molecular weight is 331 g/mol. The van der Waals surface area contributed by atoms with E-state index in [4.69, 9.17) is 9.47 Å². The first-order valence-electron chi connectivity index (χ1n) is 7.79. The van der Waals surface area contributed by atoms with Crippen LogP contribution in [0.3, 0.4) is 0 Å². The fourth-order valence-corrected chi connectivity index (χ4v) is 2.87. The van der Waals surface area contributed by atoms with E-state index >= 15 is 0 Å². The maximum absolute atomic E-state index is 12.3. The maximum atomic E-state index is 12.3. The smallest absolute Gasteiger partial charge is 0.340 e. The summed E-state index contributed by atoms with van der Waals surface area (Å²) >= 11 is 0. The van der Waals surface area contributed by atoms with Crippen molar-refractivity contribution in [2.45, 2.75) is 37.9 Å². The number of benzene rings is 1. The molecule has 0 aromatic heterocycles. The summed E-state index contributed by atoms with van der Waals surface area (Å²) in [5.74, 6) is -1.20. The minimum atomic E-state index is -0.731. The molecule has 2 heterocycles. The van der Waals surface area contributed by atoms with E-state index in [0.717, 1.165) is 18.9 Å². The molecular formula is C17H17NO6. The topological polar surface area (TPSA) is 106 Å². The Balaban J connectivity index is 1.92. The molecule has 1 aromatic rings. The van der Waals surface area contributed by atoms with Gasteiger partial charge in [-0.15, -0.1) is 4.91 Å². The van der Waals surface area contributed by atoms with Gasteiger partial charge in [0.05, 0.1) is 24.4 Å². The number of esters is 1. The van der Waals surface area contributed by atoms with Gasteiger partial charge in [0.2, 0.25) is 0 Å². The van der Waals surface area contributed by atoms with E-state index in [1.54, 1.807) is 6.08 Å². The number of ether oxygens (including phenoxy) is 2. The number of cyclic esters (lactones) is 1. The molecule has 1 N–H and O–H groups in total. The van der Waals surface area contributed by atoms with Crippen LogP contribution in [0, 0.1) is 4.91 Å². The number of hydrogen-bond acceptors (Lipinski definition) is 7. The molecule has 7 heteroatoms. The van der Waals surface area contributed by atoms with Crippen molar-refractivity contribution in [3.63, 3.8) is 0 Å². The Bertz CT molecular complexity index is 711. The predicted molar refractivity (Wildman–Crippen MR) is 84.2 cm³/mol. The van der Waals surface area contributed by atoms with Crippen LogP contribution in [0.2, 0.25) is 0 Å². The van der Waals surface area contributed by atoms with E-state index in [1.807, 2.05) is 0 Å². The zero-order valence-corrected chi connectivity index (χ0v) is 12.9. The lowest BCUT2D eigenvalue weighted by Crippen LogP contribution is -2.13. The van der Waals surface area contributed by atoms with Gasteiger partial charge in [0, 0.05) is 18.9 Å². The lowest BCUT2D eigenvalue weighted by molar-refractivity contribution is -0.114. The third kappa shape index (κ3) is 3.68. The summed E-state index contributed by atoms with van der Waals surface area (Å²) in [6, 6.07) is 2.36. The molecule has 2 aliphatic heterocycles. The van der Waals surface area contributed by atoms with Gasteiger partial charge in [-0.2, -0.15) is 0 Å². The summed E-state index contributed by atoms with van der Waals surface area (Å²) in [5.41, 5.74) is -0.0869. The third-order valence-corrected chi connectivity index (χ3v) is 4.10. The highest BCUT2D eigenvalue weighted by Crippen LogP contribution is 2.32. The SMILES string of the molecule is O=Nc1cc(O)cc2c1C(=O)OCCC1OC1CC/C=C/C(=O)C2. The minimum absolute atomic E-state index is 0.0628. The largest absolute Gasteiger partial charge is 0.508 e. The van der Waals surface area contributed by atoms with E-state index < -0.39 is 5.97 Å². The van der Waals surface area contributed by atoms with Crippen LogP contribution < -0.4 is 0 Å². The fourth-order valence-electron chi connectivity index (χ4n) is 2.87. The molecule has 2 unspecified atom stereocenters. The fraction of sp³-hybridized carbons (Fsp3) is 0.412. The number of ketones is 1. The van der Waals surface area contributed by atoms with Crippen LogP contribution in [0.5, 0.6) is 5.75 Å². The molecule has 0 bridgehead atoms. The molecule has 1 saturated heterocycles. The minimum Gasteiger partial charge on any atom is -0.508 e. The number of hydrogen-bond donors (Lipinski definition) is 1. The van der Waals surface area contributed by atoms with Gasteiger partial charge in [0.15, 0.2) is 5.78 Å². The zero-order chi connectivity index (χ0) is 17.1. The molecule has 24 heavy (non-hydrogen) atoms. The van der Waals surface area contributed by atoms with E-state index in [2.05, 4.69) is 5.18 Å². The van der Waals surface area contributed by atoms with Gasteiger partial charge in [-0.1, -0.05) is 6.08 Å². The molecule has 2 aliphatic rings. The Morgan fingerprint density at radius 2 is 1.96 bits per heavy atom. The highest BCUT2D eigenvalue weighted by Gasteiger charge is 2.37. The van der Waals surface area contributed by atoms with Crippen LogP contribution in [0.15, 0.2) is 29.5 Å². The van der Waals surface area contributed by atoms with Crippen molar-refractivity contribution in [3.8, 4) is 5.75 Å². The highest BCUT2D eigenvalue weighted by molar-refractivity contribution is 6.00. The van der Waals surface area contributed by atoms with Crippen LogP contribution >= 0.6 is 0 Å². The molecule has 3 rings (SSSR count). The van der Waals surface area contributed by atoms with E-state index in [1.165, 1.54) is 12.1 Å². The van der Waals surface area contributed by atoms with E-state index in [0.29, 0.717) is 6.42 Å². The van der Waals surface area contributed by atoms with Crippen molar-refractivity contribution in [1.82, 2.24) is 0 Å². The maximum Gasteiger partial charge on any atom is 0.340 e. The number of epoxide rings is 1. The van der Waals surface area contributed by atoms with Crippen LogP contribution in [0.25, 0.3) is 0 Å². The Kier molecular flexibility index (Phi) is 4.71. The second-order valence-electron chi connectivity index (χ2n) is 5.85. The summed E-state index contributed by atoms with van der Waals surface area (Å²) in [6.45, 7) is 0.155. The van der Waals surface area contributed by atoms with E-state index in [9.17, 15) is 19.6 Å². The number of nitroso groups, excluding NO2 is 1. The number of allylic oxidation sites excluding steroid dienone is 2. The first-order valence-corrected chi connectivity index (χ1v) is 7.79. The Labute approximate surface area is 138 Å². The van der Waals surface area contributed by atoms with Crippen molar-refractivity contribution in [1.29, 1.82) is 0 Å². The Morgan fingerprint density at radius 1 is 1.17 bits per heavy atom. The normalized spacial score (nSPS) is 25.7. The number of nitrogens with zero attached hydrogens (tertiary/aromatic N) is 1. The zero-order valence-electron chi connectivity index (χ0n) is 12.9. The molecule has 7 nitrogen and oxygen atoms in total. The number of phenolic OH excluding ortho intramolecular Hbond substituents is 1. The number of carbonyl (C=O) groups is 2. The van der Waals surface area contributed by atoms with Gasteiger partial charge in [0.25, 0.3) is 0 Å². The van der Waals surface area contributed by atoms with Crippen LogP contribution in [-0.4, -0.2) is 35.7 Å². The van der Waals surface area contributed by atoms with Gasteiger partial charge in [-0.25, -0.2) is 4.79 Å². The van der Waals surface area contributed by atoms with Crippen LogP contribution in [0.1, 0.15) is 35.2 Å². The van der Waals surface area contributed by atoms with Gasteiger partial charge in [0.1, 0.15) is 11.4 Å². The highest BCUT2D eigenvalue weighted by atomic mass is 16.6. The first kappa shape index (κ1) is 16.3. The lowest BCUT2D eigenvalue weighted by atomic mass is 9.99. The monoisotopic (exact) mass is 331 g/mol. The van der Waals surface area contributed by atoms with Gasteiger partial charge >= 0.3 is 5.97 Å².